The Morgan fingerprint density at radius 1 is 1.07 bits per heavy atom. The van der Waals surface area contributed by atoms with E-state index in [-0.39, 0.29) is 29.1 Å². The van der Waals surface area contributed by atoms with E-state index in [1.165, 1.54) is 12.5 Å². The number of nitro benzene ring substituents is 1. The van der Waals surface area contributed by atoms with Crippen LogP contribution in [0.5, 0.6) is 0 Å². The van der Waals surface area contributed by atoms with Gasteiger partial charge in [0.05, 0.1) is 16.0 Å². The van der Waals surface area contributed by atoms with E-state index in [0.717, 1.165) is 25.7 Å². The maximum atomic E-state index is 12.6. The number of carbonyl (C=O) groups is 1. The second-order valence-corrected chi connectivity index (χ2v) is 7.72. The maximum Gasteiger partial charge on any atom is 0.314 e. The van der Waals surface area contributed by atoms with Gasteiger partial charge in [-0.25, -0.2) is 0 Å². The van der Waals surface area contributed by atoms with Gasteiger partial charge >= 0.3 is 11.1 Å². The van der Waals surface area contributed by atoms with Gasteiger partial charge < -0.3 is 15.3 Å². The third-order valence-corrected chi connectivity index (χ3v) is 5.93. The summed E-state index contributed by atoms with van der Waals surface area (Å²) in [6.07, 6.45) is 6.52. The predicted molar refractivity (Wildman–Crippen MR) is 102 cm³/mol. The molecule has 0 spiro atoms. The lowest BCUT2D eigenvalue weighted by molar-refractivity contribution is -0.385. The Hall–Kier alpha value is -2.97. The molecule has 1 aromatic carbocycles. The van der Waals surface area contributed by atoms with Crippen LogP contribution in [-0.4, -0.2) is 26.8 Å². The molecule has 9 nitrogen and oxygen atoms in total. The van der Waals surface area contributed by atoms with Crippen LogP contribution in [-0.2, 0) is 17.6 Å². The maximum absolute atomic E-state index is 12.6. The molecule has 1 atom stereocenters. The van der Waals surface area contributed by atoms with E-state index in [1.54, 1.807) is 0 Å². The third-order valence-electron chi connectivity index (χ3n) is 5.93. The van der Waals surface area contributed by atoms with Crippen LogP contribution in [0, 0.1) is 16.0 Å². The van der Waals surface area contributed by atoms with Crippen LogP contribution in [0.2, 0.25) is 0 Å². The summed E-state index contributed by atoms with van der Waals surface area (Å²) in [6, 6.07) is 1.15. The first-order chi connectivity index (χ1) is 13.4. The molecule has 2 aliphatic rings. The zero-order valence-corrected chi connectivity index (χ0v) is 15.4. The van der Waals surface area contributed by atoms with Crippen molar-refractivity contribution in [1.29, 1.82) is 0 Å². The molecule has 0 saturated heterocycles. The molecular weight excluding hydrogens is 364 g/mol. The number of benzene rings is 1. The number of nitrogens with zero attached hydrogens (tertiary/aromatic N) is 1. The first kappa shape index (κ1) is 18.4. The van der Waals surface area contributed by atoms with E-state index >= 15 is 0 Å². The Labute approximate surface area is 159 Å². The molecule has 2 aliphatic carbocycles. The fourth-order valence-corrected chi connectivity index (χ4v) is 4.50. The number of hydrogen-bond acceptors (Lipinski definition) is 5. The number of amides is 1. The van der Waals surface area contributed by atoms with Crippen LogP contribution in [0.15, 0.2) is 15.7 Å². The molecule has 1 heterocycles. The number of H-pyrrole nitrogens is 2. The number of hydrogen-bond donors (Lipinski definition) is 3. The van der Waals surface area contributed by atoms with Gasteiger partial charge in [0.1, 0.15) is 0 Å². The highest BCUT2D eigenvalue weighted by atomic mass is 16.6. The fourth-order valence-electron chi connectivity index (χ4n) is 4.50. The number of carbonyl (C=O) groups excluding carboxylic acids is 1. The highest BCUT2D eigenvalue weighted by Crippen LogP contribution is 2.34. The Morgan fingerprint density at radius 2 is 1.79 bits per heavy atom. The normalized spacial score (nSPS) is 19.9. The molecule has 9 heteroatoms. The minimum Gasteiger partial charge on any atom is -0.353 e. The molecule has 1 saturated carbocycles. The smallest absolute Gasteiger partial charge is 0.314 e. The molecule has 0 bridgehead atoms. The molecule has 0 radical (unpaired) electrons. The molecule has 1 amide bonds. The standard InChI is InChI=1S/C19H22N4O5/c24-17(10-4-2-1-3-5-10)20-11-6-7-12-13(8-11)16-14(9-15(12)23(27)28)21-18(25)19(26)22-16/h9-11H,1-8H2,(H,20,24)(H,21,25)(H,22,26). The first-order valence-electron chi connectivity index (χ1n) is 9.70. The van der Waals surface area contributed by atoms with Gasteiger partial charge in [-0.15, -0.1) is 0 Å². The molecule has 28 heavy (non-hydrogen) atoms. The van der Waals surface area contributed by atoms with Crippen LogP contribution in [0.3, 0.4) is 0 Å². The molecule has 1 unspecified atom stereocenters. The van der Waals surface area contributed by atoms with E-state index in [1.807, 2.05) is 0 Å². The van der Waals surface area contributed by atoms with E-state index < -0.39 is 16.0 Å². The van der Waals surface area contributed by atoms with Gasteiger partial charge in [-0.3, -0.25) is 24.5 Å². The summed E-state index contributed by atoms with van der Waals surface area (Å²) in [4.78, 5) is 52.0. The van der Waals surface area contributed by atoms with Crippen molar-refractivity contribution in [3.05, 3.63) is 48.0 Å². The Bertz CT molecular complexity index is 1060. The molecule has 2 aromatic rings. The summed E-state index contributed by atoms with van der Waals surface area (Å²) in [6.45, 7) is 0. The summed E-state index contributed by atoms with van der Waals surface area (Å²) in [5, 5.41) is 14.6. The van der Waals surface area contributed by atoms with Crippen molar-refractivity contribution < 1.29 is 9.72 Å². The van der Waals surface area contributed by atoms with Crippen molar-refractivity contribution in [2.24, 2.45) is 5.92 Å². The summed E-state index contributed by atoms with van der Waals surface area (Å²) in [5.41, 5.74) is 0.108. The lowest BCUT2D eigenvalue weighted by Gasteiger charge is -2.29. The van der Waals surface area contributed by atoms with Gasteiger partial charge in [-0.2, -0.15) is 0 Å². The number of rotatable bonds is 3. The van der Waals surface area contributed by atoms with E-state index in [2.05, 4.69) is 15.3 Å². The SMILES string of the molecule is O=C(NC1CCc2c([N+](=O)[O-])cc3[nH]c(=O)c(=O)[nH]c3c2C1)C1CCCCC1. The van der Waals surface area contributed by atoms with Crippen LogP contribution in [0.4, 0.5) is 5.69 Å². The van der Waals surface area contributed by atoms with Crippen molar-refractivity contribution in [3.63, 3.8) is 0 Å². The Kier molecular flexibility index (Phi) is 4.74. The van der Waals surface area contributed by atoms with Crippen LogP contribution >= 0.6 is 0 Å². The monoisotopic (exact) mass is 386 g/mol. The second kappa shape index (κ2) is 7.21. The minimum atomic E-state index is -0.847. The quantitative estimate of drug-likeness (QED) is 0.418. The number of aromatic amines is 2. The largest absolute Gasteiger partial charge is 0.353 e. The molecule has 1 fully saturated rings. The second-order valence-electron chi connectivity index (χ2n) is 7.72. The van der Waals surface area contributed by atoms with Gasteiger partial charge in [0.2, 0.25) is 5.91 Å². The number of nitro groups is 1. The predicted octanol–water partition coefficient (Wildman–Crippen LogP) is 1.68. The third kappa shape index (κ3) is 3.32. The zero-order chi connectivity index (χ0) is 19.8. The zero-order valence-electron chi connectivity index (χ0n) is 15.4. The Morgan fingerprint density at radius 3 is 2.50 bits per heavy atom. The summed E-state index contributed by atoms with van der Waals surface area (Å²) in [5.74, 6) is 0.0814. The van der Waals surface area contributed by atoms with Crippen molar-refractivity contribution in [1.82, 2.24) is 15.3 Å². The van der Waals surface area contributed by atoms with Gasteiger partial charge in [0.25, 0.3) is 5.69 Å². The summed E-state index contributed by atoms with van der Waals surface area (Å²) >= 11 is 0. The highest BCUT2D eigenvalue weighted by Gasteiger charge is 2.31. The summed E-state index contributed by atoms with van der Waals surface area (Å²) < 4.78 is 0. The van der Waals surface area contributed by atoms with Gasteiger partial charge in [-0.1, -0.05) is 19.3 Å². The van der Waals surface area contributed by atoms with Gasteiger partial charge in [0.15, 0.2) is 0 Å². The number of aromatic nitrogens is 2. The molecule has 1 aromatic heterocycles. The van der Waals surface area contributed by atoms with Crippen LogP contribution in [0.1, 0.15) is 49.7 Å². The van der Waals surface area contributed by atoms with Crippen LogP contribution < -0.4 is 16.4 Å². The summed E-state index contributed by atoms with van der Waals surface area (Å²) in [7, 11) is 0. The Balaban J connectivity index is 1.69. The number of nitrogens with one attached hydrogen (secondary N) is 3. The average Bonchev–Trinajstić information content (AvgIpc) is 2.69. The molecule has 0 aliphatic heterocycles. The first-order valence-corrected chi connectivity index (χ1v) is 9.70. The highest BCUT2D eigenvalue weighted by molar-refractivity contribution is 5.84. The number of fused-ring (bicyclic) bond motifs is 3. The molecule has 4 rings (SSSR count). The van der Waals surface area contributed by atoms with Crippen molar-refractivity contribution in [3.8, 4) is 0 Å². The van der Waals surface area contributed by atoms with Crippen LogP contribution in [0.25, 0.3) is 11.0 Å². The lowest BCUT2D eigenvalue weighted by atomic mass is 9.84. The molecule has 148 valence electrons. The fraction of sp³-hybridized carbons (Fsp3) is 0.526. The van der Waals surface area contributed by atoms with E-state index in [0.29, 0.717) is 35.9 Å². The topological polar surface area (TPSA) is 138 Å². The minimum absolute atomic E-state index is 0.0353. The van der Waals surface area contributed by atoms with E-state index in [4.69, 9.17) is 0 Å². The lowest BCUT2D eigenvalue weighted by Crippen LogP contribution is -2.42. The van der Waals surface area contributed by atoms with Crippen molar-refractivity contribution >= 4 is 22.6 Å². The van der Waals surface area contributed by atoms with Crippen molar-refractivity contribution in [2.45, 2.75) is 57.4 Å². The average molecular weight is 386 g/mol. The van der Waals surface area contributed by atoms with Crippen molar-refractivity contribution in [2.75, 3.05) is 0 Å². The molecular formula is C19H22N4O5. The van der Waals surface area contributed by atoms with E-state index in [9.17, 15) is 24.5 Å². The van der Waals surface area contributed by atoms with Gasteiger partial charge in [-0.05, 0) is 37.7 Å². The van der Waals surface area contributed by atoms with Gasteiger partial charge in [0, 0.05) is 23.6 Å². The molecule has 3 N–H and O–H groups in total.